The second-order valence-electron chi connectivity index (χ2n) is 5.33. The lowest BCUT2D eigenvalue weighted by Gasteiger charge is -2.24. The predicted octanol–water partition coefficient (Wildman–Crippen LogP) is 3.33. The van der Waals surface area contributed by atoms with Gasteiger partial charge in [0.1, 0.15) is 5.69 Å². The number of furan rings is 1. The van der Waals surface area contributed by atoms with E-state index in [0.29, 0.717) is 13.0 Å². The van der Waals surface area contributed by atoms with Crippen molar-refractivity contribution in [1.29, 1.82) is 0 Å². The lowest BCUT2D eigenvalue weighted by molar-refractivity contribution is -0.141. The fourth-order valence-electron chi connectivity index (χ4n) is 2.71. The molecule has 23 heavy (non-hydrogen) atoms. The molecule has 0 spiro atoms. The Balaban J connectivity index is 1.78. The molecule has 1 aliphatic rings. The van der Waals surface area contributed by atoms with Crippen molar-refractivity contribution < 1.29 is 22.4 Å². The van der Waals surface area contributed by atoms with Crippen LogP contribution in [0.15, 0.2) is 35.1 Å². The first-order chi connectivity index (χ1) is 10.9. The van der Waals surface area contributed by atoms with Crippen molar-refractivity contribution in [2.45, 2.75) is 31.5 Å². The number of hydrogen-bond donors (Lipinski definition) is 0. The Labute approximate surface area is 130 Å². The van der Waals surface area contributed by atoms with Crippen LogP contribution in [0.4, 0.5) is 19.1 Å². The summed E-state index contributed by atoms with van der Waals surface area (Å²) >= 11 is 0. The molecule has 0 radical (unpaired) electrons. The minimum atomic E-state index is -4.52. The lowest BCUT2D eigenvalue weighted by Crippen LogP contribution is -2.33. The van der Waals surface area contributed by atoms with E-state index in [2.05, 4.69) is 9.97 Å². The summed E-state index contributed by atoms with van der Waals surface area (Å²) in [5, 5.41) is 0. The first-order valence-corrected chi connectivity index (χ1v) is 7.19. The fraction of sp³-hybridized carbons (Fsp3) is 0.400. The molecule has 1 atom stereocenters. The Morgan fingerprint density at radius 1 is 1.39 bits per heavy atom. The van der Waals surface area contributed by atoms with E-state index >= 15 is 0 Å². The molecular weight excluding hydrogens is 311 g/mol. The van der Waals surface area contributed by atoms with Crippen LogP contribution in [-0.4, -0.2) is 28.3 Å². The van der Waals surface area contributed by atoms with Gasteiger partial charge >= 0.3 is 6.18 Å². The van der Waals surface area contributed by atoms with E-state index in [9.17, 15) is 18.0 Å². The van der Waals surface area contributed by atoms with Gasteiger partial charge < -0.3 is 9.32 Å². The molecule has 5 nitrogen and oxygen atoms in total. The van der Waals surface area contributed by atoms with Crippen molar-refractivity contribution >= 4 is 11.7 Å². The molecule has 3 rings (SSSR count). The zero-order valence-electron chi connectivity index (χ0n) is 12.1. The Morgan fingerprint density at radius 3 is 2.91 bits per heavy atom. The van der Waals surface area contributed by atoms with Gasteiger partial charge in [0.25, 0.3) is 0 Å². The first kappa shape index (κ1) is 15.5. The predicted molar refractivity (Wildman–Crippen MR) is 75.1 cm³/mol. The van der Waals surface area contributed by atoms with Gasteiger partial charge in [0.15, 0.2) is 11.5 Å². The Morgan fingerprint density at radius 2 is 2.22 bits per heavy atom. The highest BCUT2D eigenvalue weighted by atomic mass is 19.4. The largest absolute Gasteiger partial charge is 0.461 e. The number of carbonyl (C=O) groups excluding carboxylic acids is 1. The zero-order chi connectivity index (χ0) is 16.4. The van der Waals surface area contributed by atoms with Gasteiger partial charge in [-0.1, -0.05) is 0 Å². The molecule has 0 aromatic carbocycles. The topological polar surface area (TPSA) is 59.2 Å². The summed E-state index contributed by atoms with van der Waals surface area (Å²) in [4.78, 5) is 21.3. The molecular formula is C15H14F3N3O2. The minimum Gasteiger partial charge on any atom is -0.461 e. The molecule has 0 aliphatic carbocycles. The quantitative estimate of drug-likeness (QED) is 0.807. The summed E-state index contributed by atoms with van der Waals surface area (Å²) in [5.74, 6) is 0.0789. The number of halogens is 3. The van der Waals surface area contributed by atoms with Gasteiger partial charge in [-0.25, -0.2) is 9.97 Å². The molecule has 0 amide bonds. The molecule has 0 saturated carbocycles. The van der Waals surface area contributed by atoms with Crippen molar-refractivity contribution in [2.24, 2.45) is 0 Å². The highest BCUT2D eigenvalue weighted by molar-refractivity contribution is 5.94. The van der Waals surface area contributed by atoms with Crippen molar-refractivity contribution in [2.75, 3.05) is 11.4 Å². The minimum absolute atomic E-state index is 0.00886. The van der Waals surface area contributed by atoms with Crippen LogP contribution < -0.4 is 4.90 Å². The van der Waals surface area contributed by atoms with Gasteiger partial charge in [0, 0.05) is 25.2 Å². The maximum absolute atomic E-state index is 12.8. The number of nitrogens with zero attached hydrogens (tertiary/aromatic N) is 3. The number of ketones is 1. The highest BCUT2D eigenvalue weighted by Crippen LogP contribution is 2.30. The second-order valence-corrected chi connectivity index (χ2v) is 5.33. The number of alkyl halides is 3. The fourth-order valence-corrected chi connectivity index (χ4v) is 2.71. The third kappa shape index (κ3) is 3.35. The van der Waals surface area contributed by atoms with Crippen LogP contribution in [-0.2, 0) is 6.18 Å². The number of Topliss-reactive ketones (excluding diaryl/α,β-unsaturated/α-hetero) is 1. The molecule has 0 N–H and O–H groups in total. The van der Waals surface area contributed by atoms with E-state index in [0.717, 1.165) is 18.7 Å². The van der Waals surface area contributed by atoms with Crippen LogP contribution in [0.25, 0.3) is 0 Å². The van der Waals surface area contributed by atoms with E-state index < -0.39 is 11.9 Å². The summed E-state index contributed by atoms with van der Waals surface area (Å²) in [7, 11) is 0. The summed E-state index contributed by atoms with van der Waals surface area (Å²) < 4.78 is 43.4. The molecule has 2 aromatic heterocycles. The van der Waals surface area contributed by atoms with Crippen LogP contribution in [0, 0.1) is 0 Å². The summed E-state index contributed by atoms with van der Waals surface area (Å²) in [6.45, 7) is 0.525. The monoisotopic (exact) mass is 325 g/mol. The number of carbonyl (C=O) groups is 1. The smallest absolute Gasteiger partial charge is 0.433 e. The summed E-state index contributed by atoms with van der Waals surface area (Å²) in [6, 6.07) is 3.80. The SMILES string of the molecule is O=C(C[C@@H]1CCCN1c1nccc(C(F)(F)F)n1)c1ccco1. The van der Waals surface area contributed by atoms with Crippen molar-refractivity contribution in [3.8, 4) is 0 Å². The van der Waals surface area contributed by atoms with E-state index in [1.54, 1.807) is 17.0 Å². The molecule has 2 aromatic rings. The third-order valence-electron chi connectivity index (χ3n) is 3.78. The van der Waals surface area contributed by atoms with Crippen LogP contribution in [0.3, 0.4) is 0 Å². The number of aromatic nitrogens is 2. The molecule has 8 heteroatoms. The normalized spacial score (nSPS) is 18.4. The molecule has 0 bridgehead atoms. The van der Waals surface area contributed by atoms with Crippen LogP contribution in [0.2, 0.25) is 0 Å². The van der Waals surface area contributed by atoms with E-state index in [4.69, 9.17) is 4.42 Å². The average molecular weight is 325 g/mol. The van der Waals surface area contributed by atoms with Gasteiger partial charge in [-0.15, -0.1) is 0 Å². The molecule has 3 heterocycles. The molecule has 122 valence electrons. The maximum atomic E-state index is 12.8. The van der Waals surface area contributed by atoms with E-state index in [-0.39, 0.29) is 30.0 Å². The van der Waals surface area contributed by atoms with Crippen LogP contribution in [0.1, 0.15) is 35.5 Å². The zero-order valence-corrected chi connectivity index (χ0v) is 12.1. The van der Waals surface area contributed by atoms with Crippen LogP contribution in [0.5, 0.6) is 0 Å². The number of anilines is 1. The first-order valence-electron chi connectivity index (χ1n) is 7.19. The standard InChI is InChI=1S/C15H14F3N3O2/c16-15(17,18)13-5-6-19-14(20-13)21-7-1-3-10(21)9-11(22)12-4-2-8-23-12/h2,4-6,8,10H,1,3,7,9H2/t10-/m0/s1. The maximum Gasteiger partial charge on any atom is 0.433 e. The van der Waals surface area contributed by atoms with E-state index in [1.807, 2.05) is 0 Å². The van der Waals surface area contributed by atoms with Crippen molar-refractivity contribution in [3.05, 3.63) is 42.1 Å². The van der Waals surface area contributed by atoms with Gasteiger partial charge in [-0.2, -0.15) is 13.2 Å². The molecule has 0 unspecified atom stereocenters. The summed E-state index contributed by atoms with van der Waals surface area (Å²) in [6.07, 6.45) is -0.379. The lowest BCUT2D eigenvalue weighted by atomic mass is 10.1. The molecule has 1 fully saturated rings. The van der Waals surface area contributed by atoms with Gasteiger partial charge in [-0.05, 0) is 31.0 Å². The van der Waals surface area contributed by atoms with Gasteiger partial charge in [-0.3, -0.25) is 4.79 Å². The molecule has 1 aliphatic heterocycles. The number of rotatable bonds is 4. The van der Waals surface area contributed by atoms with Crippen molar-refractivity contribution in [3.63, 3.8) is 0 Å². The number of hydrogen-bond acceptors (Lipinski definition) is 5. The van der Waals surface area contributed by atoms with Gasteiger partial charge in [0.2, 0.25) is 5.95 Å². The summed E-state index contributed by atoms with van der Waals surface area (Å²) in [5.41, 5.74) is -0.981. The molecule has 1 saturated heterocycles. The Bertz CT molecular complexity index is 686. The van der Waals surface area contributed by atoms with Gasteiger partial charge in [0.05, 0.1) is 6.26 Å². The second kappa shape index (κ2) is 6.02. The van der Waals surface area contributed by atoms with Crippen LogP contribution >= 0.6 is 0 Å². The highest BCUT2D eigenvalue weighted by Gasteiger charge is 2.35. The average Bonchev–Trinajstić information content (AvgIpc) is 3.18. The third-order valence-corrected chi connectivity index (χ3v) is 3.78. The van der Waals surface area contributed by atoms with E-state index in [1.165, 1.54) is 6.26 Å². The van der Waals surface area contributed by atoms with Crippen molar-refractivity contribution in [1.82, 2.24) is 9.97 Å². The Kier molecular flexibility index (Phi) is 4.06. The Hall–Kier alpha value is -2.38.